The minimum absolute atomic E-state index is 0.165. The summed E-state index contributed by atoms with van der Waals surface area (Å²) in [5, 5.41) is 5.54. The molecule has 0 spiro atoms. The van der Waals surface area contributed by atoms with Crippen molar-refractivity contribution in [1.82, 2.24) is 19.5 Å². The fraction of sp³-hybridized carbons (Fsp3) is 0.276. The molecule has 0 aliphatic heterocycles. The van der Waals surface area contributed by atoms with Gasteiger partial charge in [-0.25, -0.2) is 14.8 Å². The Morgan fingerprint density at radius 1 is 0.889 bits per heavy atom. The number of hydrogen-bond donors (Lipinski definition) is 3. The van der Waals surface area contributed by atoms with Crippen molar-refractivity contribution in [1.29, 1.82) is 0 Å². The van der Waals surface area contributed by atoms with Gasteiger partial charge in [-0.1, -0.05) is 31.9 Å². The van der Waals surface area contributed by atoms with Crippen LogP contribution < -0.4 is 10.6 Å². The lowest BCUT2D eigenvalue weighted by molar-refractivity contribution is -0.132. The molecule has 0 aliphatic carbocycles. The molecular formula is C29H26Br2F6N6O2. The monoisotopic (exact) mass is 762 g/mol. The number of hydrogen-bond acceptors (Lipinski definition) is 6. The van der Waals surface area contributed by atoms with Crippen LogP contribution in [0.3, 0.4) is 0 Å². The first-order valence-corrected chi connectivity index (χ1v) is 14.8. The van der Waals surface area contributed by atoms with Crippen LogP contribution in [0, 0.1) is 6.92 Å². The topological polar surface area (TPSA) is 96.9 Å². The first kappa shape index (κ1) is 34.1. The summed E-state index contributed by atoms with van der Waals surface area (Å²) in [5.74, 6) is -0.418. The summed E-state index contributed by atoms with van der Waals surface area (Å²) in [6.45, 7) is 1.39. The number of benzene rings is 3. The van der Waals surface area contributed by atoms with Gasteiger partial charge in [-0.05, 0) is 55.0 Å². The number of ether oxygens (including phenoxy) is 1. The van der Waals surface area contributed by atoms with Gasteiger partial charge >= 0.3 is 18.3 Å². The van der Waals surface area contributed by atoms with Crippen LogP contribution in [0.1, 0.15) is 28.8 Å². The smallest absolute Gasteiger partial charge is 0.390 e. The average Bonchev–Trinajstić information content (AvgIpc) is 3.59. The number of esters is 1. The second-order valence-corrected chi connectivity index (χ2v) is 11.6. The van der Waals surface area contributed by atoms with Gasteiger partial charge in [0.25, 0.3) is 0 Å². The normalized spacial score (nSPS) is 11.8. The van der Waals surface area contributed by atoms with Crippen molar-refractivity contribution in [2.75, 3.05) is 30.8 Å². The number of imidazole rings is 2. The predicted molar refractivity (Wildman–Crippen MR) is 167 cm³/mol. The number of halogens is 8. The molecule has 45 heavy (non-hydrogen) atoms. The Morgan fingerprint density at radius 2 is 1.49 bits per heavy atom. The zero-order chi connectivity index (χ0) is 32.9. The van der Waals surface area contributed by atoms with Crippen molar-refractivity contribution in [2.45, 2.75) is 32.1 Å². The lowest BCUT2D eigenvalue weighted by atomic mass is 10.1. The van der Waals surface area contributed by atoms with Crippen LogP contribution in [0.5, 0.6) is 0 Å². The molecule has 0 atom stereocenters. The summed E-state index contributed by atoms with van der Waals surface area (Å²) in [6.07, 6.45) is -7.08. The maximum Gasteiger partial charge on any atom is 0.390 e. The first-order valence-electron chi connectivity index (χ1n) is 13.2. The van der Waals surface area contributed by atoms with Gasteiger partial charge in [0.15, 0.2) is 0 Å². The zero-order valence-corrected chi connectivity index (χ0v) is 26.9. The van der Waals surface area contributed by atoms with Gasteiger partial charge in [0.1, 0.15) is 17.4 Å². The lowest BCUT2D eigenvalue weighted by Crippen LogP contribution is -2.14. The van der Waals surface area contributed by atoms with Crippen LogP contribution in [0.2, 0.25) is 0 Å². The highest BCUT2D eigenvalue weighted by molar-refractivity contribution is 9.10. The highest BCUT2D eigenvalue weighted by Gasteiger charge is 2.27. The van der Waals surface area contributed by atoms with Crippen molar-refractivity contribution in [3.05, 3.63) is 75.2 Å². The van der Waals surface area contributed by atoms with E-state index in [2.05, 4.69) is 57.4 Å². The Balaban J connectivity index is 0.000000231. The van der Waals surface area contributed by atoms with E-state index in [-0.39, 0.29) is 13.1 Å². The molecule has 5 aromatic rings. The number of aromatic amines is 1. The number of carbonyl (C=O) groups is 1. The quantitative estimate of drug-likeness (QED) is 0.108. The molecule has 3 aromatic carbocycles. The molecule has 0 radical (unpaired) electrons. The van der Waals surface area contributed by atoms with E-state index in [1.807, 2.05) is 22.8 Å². The van der Waals surface area contributed by atoms with Crippen LogP contribution in [0.4, 0.5) is 37.7 Å². The Morgan fingerprint density at radius 3 is 2.07 bits per heavy atom. The second kappa shape index (κ2) is 14.1. The highest BCUT2D eigenvalue weighted by atomic mass is 79.9. The molecule has 3 N–H and O–H groups in total. The summed E-state index contributed by atoms with van der Waals surface area (Å²) in [6, 6.07) is 12.3. The van der Waals surface area contributed by atoms with Crippen LogP contribution in [-0.4, -0.2) is 58.0 Å². The molecule has 0 fully saturated rings. The van der Waals surface area contributed by atoms with E-state index >= 15 is 0 Å². The van der Waals surface area contributed by atoms with Gasteiger partial charge in [0, 0.05) is 27.7 Å². The van der Waals surface area contributed by atoms with Crippen molar-refractivity contribution >= 4 is 71.3 Å². The summed E-state index contributed by atoms with van der Waals surface area (Å²) in [5.41, 5.74) is 5.75. The maximum atomic E-state index is 12.4. The number of alkyl halides is 6. The second-order valence-electron chi connectivity index (χ2n) is 9.76. The molecule has 0 saturated carbocycles. The Labute approximate surface area is 269 Å². The number of aryl methyl sites for hydroxylation is 1. The molecule has 0 bridgehead atoms. The maximum absolute atomic E-state index is 12.4. The highest BCUT2D eigenvalue weighted by Crippen LogP contribution is 2.31. The average molecular weight is 764 g/mol. The third-order valence-corrected chi connectivity index (χ3v) is 7.36. The van der Waals surface area contributed by atoms with E-state index in [1.54, 1.807) is 37.5 Å². The molecule has 0 unspecified atom stereocenters. The summed E-state index contributed by atoms with van der Waals surface area (Å²) < 4.78 is 81.4. The van der Waals surface area contributed by atoms with Crippen molar-refractivity contribution in [3.8, 4) is 5.69 Å². The fourth-order valence-electron chi connectivity index (χ4n) is 4.39. The van der Waals surface area contributed by atoms with E-state index in [0.717, 1.165) is 21.2 Å². The molecule has 240 valence electrons. The number of carbonyl (C=O) groups excluding carboxylic acids is 1. The largest absolute Gasteiger partial charge is 0.465 e. The summed E-state index contributed by atoms with van der Waals surface area (Å²) >= 11 is 6.69. The van der Waals surface area contributed by atoms with Gasteiger partial charge < -0.3 is 20.4 Å². The number of nitrogens with zero attached hydrogens (tertiary/aromatic N) is 3. The molecule has 0 amide bonds. The summed E-state index contributed by atoms with van der Waals surface area (Å²) in [4.78, 5) is 23.1. The number of anilines is 2. The van der Waals surface area contributed by atoms with Crippen molar-refractivity contribution in [2.24, 2.45) is 0 Å². The van der Waals surface area contributed by atoms with Gasteiger partial charge in [-0.2, -0.15) is 26.3 Å². The van der Waals surface area contributed by atoms with Crippen LogP contribution in [0.15, 0.2) is 64.1 Å². The molecule has 5 rings (SSSR count). The third-order valence-electron chi connectivity index (χ3n) is 6.45. The van der Waals surface area contributed by atoms with Gasteiger partial charge in [0.05, 0.1) is 54.3 Å². The Hall–Kier alpha value is -3.79. The summed E-state index contributed by atoms with van der Waals surface area (Å²) in [7, 11) is 1.32. The van der Waals surface area contributed by atoms with Gasteiger partial charge in [-0.3, -0.25) is 4.57 Å². The SMILES string of the molecule is COC(=O)c1ccc(-n2cnc3c(NCCC(F)(F)F)cc(Br)cc32)cc1C.FC(F)(F)CCNc1cc(Br)cc2[nH]cnc12. The molecule has 8 nitrogen and oxygen atoms in total. The number of fused-ring (bicyclic) bond motifs is 2. The fourth-order valence-corrected chi connectivity index (χ4v) is 5.29. The zero-order valence-electron chi connectivity index (χ0n) is 23.7. The molecule has 0 saturated heterocycles. The van der Waals surface area contributed by atoms with Gasteiger partial charge in [-0.15, -0.1) is 0 Å². The van der Waals surface area contributed by atoms with Crippen LogP contribution in [-0.2, 0) is 4.74 Å². The molecule has 16 heteroatoms. The minimum atomic E-state index is -4.23. The van der Waals surface area contributed by atoms with Crippen molar-refractivity contribution in [3.63, 3.8) is 0 Å². The standard InChI is InChI=1S/C19H17BrF3N3O2.C10H9BrF3N3/c1-11-7-13(3-4-14(11)18(27)28-2)26-10-25-17-15(8-12(20)9-16(17)26)24-6-5-19(21,22)23;11-6-3-7(15-2-1-10(12,13)14)9-8(4-6)16-5-17-9/h3-4,7-10,24H,5-6H2,1-2H3;3-5,15H,1-2H2,(H,16,17). The number of nitrogens with one attached hydrogen (secondary N) is 3. The lowest BCUT2D eigenvalue weighted by Gasteiger charge is -2.11. The third kappa shape index (κ3) is 9.12. The number of methoxy groups -OCH3 is 1. The van der Waals surface area contributed by atoms with E-state index in [4.69, 9.17) is 4.74 Å². The van der Waals surface area contributed by atoms with Gasteiger partial charge in [0.2, 0.25) is 0 Å². The predicted octanol–water partition coefficient (Wildman–Crippen LogP) is 8.94. The Kier molecular flexibility index (Phi) is 10.7. The molecule has 2 aromatic heterocycles. The van der Waals surface area contributed by atoms with E-state index in [9.17, 15) is 31.1 Å². The minimum Gasteiger partial charge on any atom is -0.465 e. The van der Waals surface area contributed by atoms with Crippen LogP contribution >= 0.6 is 31.9 Å². The van der Waals surface area contributed by atoms with Crippen molar-refractivity contribution < 1.29 is 35.9 Å². The number of aromatic nitrogens is 4. The molecular weight excluding hydrogens is 738 g/mol. The number of H-pyrrole nitrogens is 1. The van der Waals surface area contributed by atoms with E-state index in [0.29, 0.717) is 38.0 Å². The number of rotatable bonds is 8. The first-order chi connectivity index (χ1) is 21.1. The van der Waals surface area contributed by atoms with E-state index < -0.39 is 31.2 Å². The van der Waals surface area contributed by atoms with Crippen LogP contribution in [0.25, 0.3) is 27.8 Å². The molecule has 0 aliphatic rings. The van der Waals surface area contributed by atoms with E-state index in [1.165, 1.54) is 13.4 Å². The molecule has 2 heterocycles. The Bertz CT molecular complexity index is 1800.